The van der Waals surface area contributed by atoms with Gasteiger partial charge in [-0.1, -0.05) is 65.8 Å². The first-order chi connectivity index (χ1) is 22.8. The van der Waals surface area contributed by atoms with E-state index in [1.165, 1.54) is 0 Å². The molecular weight excluding hydrogens is 654 g/mol. The molecular formula is C36H36O10P2. The van der Waals surface area contributed by atoms with Crippen LogP contribution < -0.4 is 27.6 Å². The van der Waals surface area contributed by atoms with Gasteiger partial charge >= 0.3 is 29.1 Å². The van der Waals surface area contributed by atoms with Crippen molar-refractivity contribution in [1.82, 2.24) is 0 Å². The molecule has 48 heavy (non-hydrogen) atoms. The topological polar surface area (TPSA) is 108 Å². The van der Waals surface area contributed by atoms with Crippen molar-refractivity contribution < 1.29 is 46.2 Å². The highest BCUT2D eigenvalue weighted by atomic mass is 31.2. The molecule has 2 aliphatic rings. The zero-order valence-electron chi connectivity index (χ0n) is 27.9. The fraction of sp³-hybridized carbons (Fsp3) is 0.278. The molecule has 10 nitrogen and oxygen atoms in total. The Morgan fingerprint density at radius 3 is 1.25 bits per heavy atom. The van der Waals surface area contributed by atoms with Crippen LogP contribution in [0.1, 0.15) is 73.4 Å². The molecule has 0 saturated heterocycles. The number of hydrogen-bond acceptors (Lipinski definition) is 10. The molecule has 0 fully saturated rings. The Labute approximate surface area is 282 Å². The number of benzene rings is 4. The molecule has 0 aliphatic carbocycles. The van der Waals surface area contributed by atoms with Gasteiger partial charge in [0.1, 0.15) is 45.6 Å². The maximum atomic E-state index is 13.0. The number of fused-ring (bicyclic) bond motifs is 2. The van der Waals surface area contributed by atoms with E-state index in [0.717, 1.165) is 11.1 Å². The summed E-state index contributed by atoms with van der Waals surface area (Å²) in [6, 6.07) is 21.1. The summed E-state index contributed by atoms with van der Waals surface area (Å²) in [6.45, 7) is 12.2. The van der Waals surface area contributed by atoms with Crippen LogP contribution in [0.4, 0.5) is 0 Å². The smallest absolute Gasteiger partial charge is 0.497 e. The van der Waals surface area contributed by atoms with Gasteiger partial charge in [-0.15, -0.1) is 0 Å². The number of ether oxygens (including phenoxy) is 2. The number of methoxy groups -OCH3 is 2. The Morgan fingerprint density at radius 2 is 0.896 bits per heavy atom. The lowest BCUT2D eigenvalue weighted by Gasteiger charge is -2.31. The van der Waals surface area contributed by atoms with Crippen LogP contribution in [0.5, 0.6) is 34.5 Å². The van der Waals surface area contributed by atoms with Gasteiger partial charge in [0.15, 0.2) is 0 Å². The van der Waals surface area contributed by atoms with E-state index in [9.17, 15) is 9.59 Å². The van der Waals surface area contributed by atoms with Crippen LogP contribution in [-0.4, -0.2) is 26.2 Å². The van der Waals surface area contributed by atoms with E-state index in [1.807, 2.05) is 65.8 Å². The van der Waals surface area contributed by atoms with Crippen molar-refractivity contribution in [3.8, 4) is 45.6 Å². The summed E-state index contributed by atoms with van der Waals surface area (Å²) in [5, 5.41) is 0. The second-order valence-corrected chi connectivity index (χ2v) is 15.2. The minimum absolute atomic E-state index is 0.315. The fourth-order valence-corrected chi connectivity index (χ4v) is 7.26. The fourth-order valence-electron chi connectivity index (χ4n) is 5.24. The van der Waals surface area contributed by atoms with Crippen LogP contribution in [0.2, 0.25) is 0 Å². The SMILES string of the molecule is COc1cc(-c2cc(OC)cc(C(C)(C)C)c2OP2OC(=O)c3ccccc3O2)c(OP2OC(=O)c3ccccc3O2)c(C(C)(C)C)c1. The van der Waals surface area contributed by atoms with Crippen LogP contribution in [0, 0.1) is 0 Å². The van der Waals surface area contributed by atoms with Gasteiger partial charge < -0.3 is 36.6 Å². The molecule has 250 valence electrons. The lowest BCUT2D eigenvalue weighted by Crippen LogP contribution is -2.19. The van der Waals surface area contributed by atoms with Crippen LogP contribution in [0.3, 0.4) is 0 Å². The van der Waals surface area contributed by atoms with Gasteiger partial charge in [-0.25, -0.2) is 9.59 Å². The Balaban J connectivity index is 1.55. The quantitative estimate of drug-likeness (QED) is 0.174. The van der Waals surface area contributed by atoms with E-state index in [0.29, 0.717) is 56.8 Å². The van der Waals surface area contributed by atoms with Gasteiger partial charge in [-0.05, 0) is 59.4 Å². The van der Waals surface area contributed by atoms with Crippen molar-refractivity contribution in [2.75, 3.05) is 14.2 Å². The highest BCUT2D eigenvalue weighted by molar-refractivity contribution is 7.43. The average Bonchev–Trinajstić information content (AvgIpc) is 3.04. The highest BCUT2D eigenvalue weighted by Gasteiger charge is 2.38. The van der Waals surface area contributed by atoms with E-state index in [-0.39, 0.29) is 0 Å². The third-order valence-electron chi connectivity index (χ3n) is 7.71. The van der Waals surface area contributed by atoms with Crippen LogP contribution in [-0.2, 0) is 19.9 Å². The van der Waals surface area contributed by atoms with Crippen molar-refractivity contribution in [2.45, 2.75) is 52.4 Å². The monoisotopic (exact) mass is 690 g/mol. The first kappa shape index (κ1) is 33.4. The van der Waals surface area contributed by atoms with E-state index in [2.05, 4.69) is 0 Å². The summed E-state index contributed by atoms with van der Waals surface area (Å²) in [6.07, 6.45) is 0. The molecule has 0 N–H and O–H groups in total. The normalized spacial score (nSPS) is 17.1. The number of rotatable bonds is 7. The van der Waals surface area contributed by atoms with Gasteiger partial charge in [-0.2, -0.15) is 0 Å². The highest BCUT2D eigenvalue weighted by Crippen LogP contribution is 2.57. The van der Waals surface area contributed by atoms with Crippen molar-refractivity contribution in [2.24, 2.45) is 0 Å². The Kier molecular flexibility index (Phi) is 8.92. The molecule has 2 heterocycles. The lowest BCUT2D eigenvalue weighted by atomic mass is 9.81. The van der Waals surface area contributed by atoms with Gasteiger partial charge in [0.2, 0.25) is 0 Å². The predicted octanol–water partition coefficient (Wildman–Crippen LogP) is 9.68. The van der Waals surface area contributed by atoms with Crippen molar-refractivity contribution in [3.05, 3.63) is 95.1 Å². The average molecular weight is 691 g/mol. The molecule has 2 unspecified atom stereocenters. The molecule has 0 spiro atoms. The summed E-state index contributed by atoms with van der Waals surface area (Å²) in [5.74, 6) is 1.52. The molecule has 0 radical (unpaired) electrons. The molecule has 2 atom stereocenters. The standard InChI is InChI=1S/C36H36O10P2/c1-35(2,3)27-19-21(39-7)17-25(31(27)43-47-41-29-15-11-9-13-23(29)33(37)45-47)26-18-22(40-8)20-28(36(4,5)6)32(26)44-48-42-30-16-12-10-14-24(30)34(38)46-48/h9-20H,1-8H3. The molecule has 4 aromatic carbocycles. The van der Waals surface area contributed by atoms with Gasteiger partial charge in [0.05, 0.1) is 14.2 Å². The third kappa shape index (κ3) is 6.60. The van der Waals surface area contributed by atoms with Gasteiger partial charge in [-0.3, -0.25) is 0 Å². The summed E-state index contributed by atoms with van der Waals surface area (Å²) < 4.78 is 48.2. The molecule has 2 aliphatic heterocycles. The lowest BCUT2D eigenvalue weighted by molar-refractivity contribution is 0.0685. The van der Waals surface area contributed by atoms with Crippen molar-refractivity contribution in [1.29, 1.82) is 0 Å². The molecule has 0 aromatic heterocycles. The molecule has 12 heteroatoms. The summed E-state index contributed by atoms with van der Waals surface area (Å²) >= 11 is 0. The maximum absolute atomic E-state index is 13.0. The minimum atomic E-state index is -2.21. The first-order valence-electron chi connectivity index (χ1n) is 15.2. The molecule has 0 bridgehead atoms. The Hall–Kier alpha value is -4.52. The van der Waals surface area contributed by atoms with E-state index in [4.69, 9.17) is 36.6 Å². The molecule has 0 amide bonds. The van der Waals surface area contributed by atoms with Crippen molar-refractivity contribution >= 4 is 29.1 Å². The second-order valence-electron chi connectivity index (χ2n) is 13.2. The third-order valence-corrected chi connectivity index (χ3v) is 9.69. The van der Waals surface area contributed by atoms with Gasteiger partial charge in [0.25, 0.3) is 0 Å². The van der Waals surface area contributed by atoms with E-state index in [1.54, 1.807) is 62.8 Å². The zero-order valence-corrected chi connectivity index (χ0v) is 29.7. The van der Waals surface area contributed by atoms with Crippen LogP contribution in [0.15, 0.2) is 72.8 Å². The minimum Gasteiger partial charge on any atom is -0.497 e. The van der Waals surface area contributed by atoms with Gasteiger partial charge in [0, 0.05) is 22.3 Å². The molecule has 6 rings (SSSR count). The number of hydrogen-bond donors (Lipinski definition) is 0. The second kappa shape index (κ2) is 12.8. The van der Waals surface area contributed by atoms with Crippen LogP contribution >= 0.6 is 17.2 Å². The predicted molar refractivity (Wildman–Crippen MR) is 182 cm³/mol. The summed E-state index contributed by atoms with van der Waals surface area (Å²) in [5.41, 5.74) is 2.26. The molecule has 4 aromatic rings. The Morgan fingerprint density at radius 1 is 0.521 bits per heavy atom. The first-order valence-corrected chi connectivity index (χ1v) is 17.4. The number of carbonyl (C=O) groups excluding carboxylic acids is 2. The van der Waals surface area contributed by atoms with E-state index < -0.39 is 40.0 Å². The largest absolute Gasteiger partial charge is 0.532 e. The summed E-state index contributed by atoms with van der Waals surface area (Å²) in [7, 11) is -1.26. The maximum Gasteiger partial charge on any atom is 0.532 e. The van der Waals surface area contributed by atoms with E-state index >= 15 is 0 Å². The zero-order chi connectivity index (χ0) is 34.4. The Bertz CT molecular complexity index is 1760. The molecule has 0 saturated carbocycles. The number of para-hydroxylation sites is 2. The summed E-state index contributed by atoms with van der Waals surface area (Å²) in [4.78, 5) is 26.0. The van der Waals surface area contributed by atoms with Crippen molar-refractivity contribution in [3.63, 3.8) is 0 Å². The van der Waals surface area contributed by atoms with Crippen LogP contribution in [0.25, 0.3) is 11.1 Å². The number of carbonyl (C=O) groups is 2.